The maximum absolute atomic E-state index is 13.0. The first kappa shape index (κ1) is 10.6. The Labute approximate surface area is 79.2 Å². The Morgan fingerprint density at radius 1 is 1.36 bits per heavy atom. The number of hydrogen-bond acceptors (Lipinski definition) is 3. The van der Waals surface area contributed by atoms with Crippen LogP contribution in [0.5, 0.6) is 5.75 Å². The van der Waals surface area contributed by atoms with Gasteiger partial charge in [0.25, 0.3) is 0 Å². The molecule has 0 bridgehead atoms. The first-order valence-electron chi connectivity index (χ1n) is 3.97. The average molecular weight is 201 g/mol. The molecular formula is C9H9F2NO2. The van der Waals surface area contributed by atoms with Gasteiger partial charge in [-0.25, -0.2) is 8.78 Å². The minimum absolute atomic E-state index is 0.0397. The van der Waals surface area contributed by atoms with E-state index in [0.717, 1.165) is 6.07 Å². The summed E-state index contributed by atoms with van der Waals surface area (Å²) in [6.45, 7) is 0.0798. The molecule has 0 spiro atoms. The van der Waals surface area contributed by atoms with Gasteiger partial charge >= 0.3 is 0 Å². The van der Waals surface area contributed by atoms with Gasteiger partial charge in [0, 0.05) is 12.5 Å². The number of carbonyl (C=O) groups excluding carboxylic acids is 1. The normalized spacial score (nSPS) is 10.2. The highest BCUT2D eigenvalue weighted by atomic mass is 19.1. The van der Waals surface area contributed by atoms with Crippen molar-refractivity contribution in [1.82, 2.24) is 0 Å². The zero-order valence-electron chi connectivity index (χ0n) is 7.26. The van der Waals surface area contributed by atoms with E-state index in [1.54, 1.807) is 0 Å². The van der Waals surface area contributed by atoms with Gasteiger partial charge in [-0.05, 0) is 12.6 Å². The summed E-state index contributed by atoms with van der Waals surface area (Å²) in [5, 5.41) is 8.92. The van der Waals surface area contributed by atoms with E-state index in [2.05, 4.69) is 0 Å². The summed E-state index contributed by atoms with van der Waals surface area (Å²) in [5.41, 5.74) is 4.77. The van der Waals surface area contributed by atoms with E-state index < -0.39 is 23.2 Å². The minimum Gasteiger partial charge on any atom is -0.505 e. The number of halogens is 2. The molecular weight excluding hydrogens is 192 g/mol. The number of benzene rings is 1. The molecule has 1 aromatic rings. The first-order chi connectivity index (χ1) is 6.56. The van der Waals surface area contributed by atoms with Gasteiger partial charge in [0.05, 0.1) is 5.56 Å². The van der Waals surface area contributed by atoms with Crippen LogP contribution in [0.4, 0.5) is 8.78 Å². The second-order valence-corrected chi connectivity index (χ2v) is 2.75. The topological polar surface area (TPSA) is 63.3 Å². The number of phenols is 1. The van der Waals surface area contributed by atoms with Crippen LogP contribution in [0.25, 0.3) is 0 Å². The second kappa shape index (κ2) is 4.15. The van der Waals surface area contributed by atoms with Gasteiger partial charge in [0.2, 0.25) is 0 Å². The molecule has 0 unspecified atom stereocenters. The largest absolute Gasteiger partial charge is 0.505 e. The molecule has 0 atom stereocenters. The predicted octanol–water partition coefficient (Wildman–Crippen LogP) is 1.20. The Morgan fingerprint density at radius 3 is 2.57 bits per heavy atom. The van der Waals surface area contributed by atoms with E-state index in [0.29, 0.717) is 6.07 Å². The third-order valence-electron chi connectivity index (χ3n) is 1.71. The van der Waals surface area contributed by atoms with Gasteiger partial charge in [0.15, 0.2) is 17.3 Å². The van der Waals surface area contributed by atoms with Gasteiger partial charge in [-0.3, -0.25) is 4.79 Å². The van der Waals surface area contributed by atoms with E-state index in [1.165, 1.54) is 0 Å². The zero-order valence-corrected chi connectivity index (χ0v) is 7.26. The molecule has 76 valence electrons. The van der Waals surface area contributed by atoms with Crippen LogP contribution in [0.3, 0.4) is 0 Å². The van der Waals surface area contributed by atoms with Crippen LogP contribution in [-0.4, -0.2) is 17.4 Å². The smallest absolute Gasteiger partial charge is 0.167 e. The maximum Gasteiger partial charge on any atom is 0.167 e. The van der Waals surface area contributed by atoms with Crippen molar-refractivity contribution in [1.29, 1.82) is 0 Å². The quantitative estimate of drug-likeness (QED) is 0.722. The second-order valence-electron chi connectivity index (χ2n) is 2.75. The molecule has 14 heavy (non-hydrogen) atoms. The number of nitrogens with two attached hydrogens (primary N) is 1. The number of carbonyl (C=O) groups is 1. The summed E-state index contributed by atoms with van der Waals surface area (Å²) >= 11 is 0. The van der Waals surface area contributed by atoms with Crippen molar-refractivity contribution >= 4 is 5.78 Å². The molecule has 0 saturated heterocycles. The third kappa shape index (κ3) is 2.05. The van der Waals surface area contributed by atoms with Crippen molar-refractivity contribution in [3.63, 3.8) is 0 Å². The monoisotopic (exact) mass is 201 g/mol. The summed E-state index contributed by atoms with van der Waals surface area (Å²) in [5.74, 6) is -3.38. The molecule has 3 nitrogen and oxygen atoms in total. The van der Waals surface area contributed by atoms with Crippen LogP contribution >= 0.6 is 0 Å². The molecule has 0 fully saturated rings. The van der Waals surface area contributed by atoms with Crippen LogP contribution in [0.2, 0.25) is 0 Å². The lowest BCUT2D eigenvalue weighted by Gasteiger charge is -2.02. The van der Waals surface area contributed by atoms with Gasteiger partial charge in [-0.2, -0.15) is 0 Å². The van der Waals surface area contributed by atoms with Gasteiger partial charge in [-0.15, -0.1) is 0 Å². The fourth-order valence-corrected chi connectivity index (χ4v) is 1.02. The number of Topliss-reactive ketones (excluding diaryl/α,β-unsaturated/α-hetero) is 1. The average Bonchev–Trinajstić information content (AvgIpc) is 2.11. The van der Waals surface area contributed by atoms with Gasteiger partial charge < -0.3 is 10.8 Å². The Hall–Kier alpha value is -1.49. The summed E-state index contributed by atoms with van der Waals surface area (Å²) in [7, 11) is 0. The lowest BCUT2D eigenvalue weighted by molar-refractivity contribution is 0.0981. The number of rotatable bonds is 3. The van der Waals surface area contributed by atoms with Crippen LogP contribution in [0.15, 0.2) is 12.1 Å². The molecule has 0 saturated carbocycles. The van der Waals surface area contributed by atoms with Crippen molar-refractivity contribution in [2.45, 2.75) is 6.42 Å². The van der Waals surface area contributed by atoms with Crippen molar-refractivity contribution in [3.8, 4) is 5.75 Å². The van der Waals surface area contributed by atoms with Crippen LogP contribution < -0.4 is 5.73 Å². The Kier molecular flexibility index (Phi) is 3.14. The van der Waals surface area contributed by atoms with Crippen molar-refractivity contribution < 1.29 is 18.7 Å². The Balaban J connectivity index is 3.09. The molecule has 0 aromatic heterocycles. The Morgan fingerprint density at radius 2 is 2.00 bits per heavy atom. The van der Waals surface area contributed by atoms with Crippen LogP contribution in [-0.2, 0) is 0 Å². The Bertz CT molecular complexity index is 366. The number of hydrogen-bond donors (Lipinski definition) is 2. The third-order valence-corrected chi connectivity index (χ3v) is 1.71. The zero-order chi connectivity index (χ0) is 10.7. The van der Waals surface area contributed by atoms with Crippen molar-refractivity contribution in [3.05, 3.63) is 29.3 Å². The molecule has 5 heteroatoms. The fraction of sp³-hybridized carbons (Fsp3) is 0.222. The molecule has 1 aromatic carbocycles. The molecule has 0 aliphatic heterocycles. The van der Waals surface area contributed by atoms with E-state index in [4.69, 9.17) is 10.8 Å². The van der Waals surface area contributed by atoms with Gasteiger partial charge in [0.1, 0.15) is 5.82 Å². The molecule has 0 amide bonds. The molecule has 3 N–H and O–H groups in total. The summed E-state index contributed by atoms with van der Waals surface area (Å²) in [6, 6.07) is 1.24. The molecule has 0 heterocycles. The van der Waals surface area contributed by atoms with E-state index in [9.17, 15) is 13.6 Å². The molecule has 0 aliphatic rings. The van der Waals surface area contributed by atoms with Crippen LogP contribution in [0.1, 0.15) is 16.8 Å². The standard InChI is InChI=1S/C9H9F2NO2/c10-6-4-7(11)9(14)3-5(6)8(13)1-2-12/h3-4,14H,1-2,12H2. The van der Waals surface area contributed by atoms with Gasteiger partial charge in [-0.1, -0.05) is 0 Å². The lowest BCUT2D eigenvalue weighted by atomic mass is 10.1. The summed E-state index contributed by atoms with van der Waals surface area (Å²) < 4.78 is 25.6. The van der Waals surface area contributed by atoms with Crippen molar-refractivity contribution in [2.24, 2.45) is 5.73 Å². The highest BCUT2D eigenvalue weighted by Gasteiger charge is 2.14. The number of phenolic OH excluding ortho intramolecular Hbond substituents is 1. The SMILES string of the molecule is NCCC(=O)c1cc(O)c(F)cc1F. The number of ketones is 1. The summed E-state index contributed by atoms with van der Waals surface area (Å²) in [6.07, 6.45) is -0.0397. The van der Waals surface area contributed by atoms with E-state index in [1.807, 2.05) is 0 Å². The predicted molar refractivity (Wildman–Crippen MR) is 46.0 cm³/mol. The maximum atomic E-state index is 13.0. The fourth-order valence-electron chi connectivity index (χ4n) is 1.02. The first-order valence-corrected chi connectivity index (χ1v) is 3.97. The van der Waals surface area contributed by atoms with Crippen molar-refractivity contribution in [2.75, 3.05) is 6.54 Å². The summed E-state index contributed by atoms with van der Waals surface area (Å²) in [4.78, 5) is 11.2. The highest BCUT2D eigenvalue weighted by molar-refractivity contribution is 5.96. The van der Waals surface area contributed by atoms with E-state index >= 15 is 0 Å². The van der Waals surface area contributed by atoms with Crippen LogP contribution in [0, 0.1) is 11.6 Å². The highest BCUT2D eigenvalue weighted by Crippen LogP contribution is 2.20. The molecule has 0 aliphatic carbocycles. The lowest BCUT2D eigenvalue weighted by Crippen LogP contribution is -2.10. The molecule has 1 rings (SSSR count). The minimum atomic E-state index is -1.09. The molecule has 0 radical (unpaired) electrons. The number of aromatic hydroxyl groups is 1. The van der Waals surface area contributed by atoms with E-state index in [-0.39, 0.29) is 18.5 Å².